The Balaban J connectivity index is 2.81. The van der Waals surface area contributed by atoms with Gasteiger partial charge in [-0.2, -0.15) is 28.1 Å². The number of aromatic nitrogens is 3. The Bertz CT molecular complexity index is 377. The number of alkyl halides is 3. The molecule has 0 aliphatic heterocycles. The van der Waals surface area contributed by atoms with Crippen LogP contribution in [0.1, 0.15) is 6.42 Å². The van der Waals surface area contributed by atoms with E-state index in [2.05, 4.69) is 20.4 Å². The second-order valence-electron chi connectivity index (χ2n) is 3.38. The average molecular weight is 266 g/mol. The summed E-state index contributed by atoms with van der Waals surface area (Å²) < 4.78 is 41.0. The molecule has 0 spiro atoms. The number of rotatable bonds is 5. The lowest BCUT2D eigenvalue weighted by atomic mass is 10.4. The van der Waals surface area contributed by atoms with Crippen molar-refractivity contribution in [1.82, 2.24) is 15.0 Å². The number of ether oxygens (including phenoxy) is 1. The van der Waals surface area contributed by atoms with Crippen LogP contribution in [-0.4, -0.2) is 41.8 Å². The topological polar surface area (TPSA) is 89.2 Å². The van der Waals surface area contributed by atoms with E-state index in [0.717, 1.165) is 0 Å². The minimum absolute atomic E-state index is 0.00992. The van der Waals surface area contributed by atoms with Gasteiger partial charge in [-0.15, -0.1) is 0 Å². The maximum absolute atomic E-state index is 12.1. The average Bonchev–Trinajstić information content (AvgIpc) is 2.34. The number of hydrogen-bond acceptors (Lipinski definition) is 7. The summed E-state index contributed by atoms with van der Waals surface area (Å²) in [5.74, 6) is 5.18. The van der Waals surface area contributed by atoms with Crippen LogP contribution < -0.4 is 20.9 Å². The summed E-state index contributed by atoms with van der Waals surface area (Å²) in [5, 5.41) is 0. The highest BCUT2D eigenvalue weighted by Crippen LogP contribution is 2.21. The number of nitrogens with zero attached hydrogens (tertiary/aromatic N) is 4. The second kappa shape index (κ2) is 5.67. The number of hydrazine groups is 1. The van der Waals surface area contributed by atoms with Gasteiger partial charge in [-0.3, -0.25) is 5.43 Å². The monoisotopic (exact) mass is 266 g/mol. The summed E-state index contributed by atoms with van der Waals surface area (Å²) in [4.78, 5) is 12.6. The van der Waals surface area contributed by atoms with Gasteiger partial charge in [-0.1, -0.05) is 0 Å². The number of anilines is 2. The van der Waals surface area contributed by atoms with Gasteiger partial charge in [0.25, 0.3) is 0 Å². The van der Waals surface area contributed by atoms with Crippen molar-refractivity contribution in [2.45, 2.75) is 12.6 Å². The Hall–Kier alpha value is -1.84. The third-order valence-corrected chi connectivity index (χ3v) is 1.99. The first-order chi connectivity index (χ1) is 8.35. The second-order valence-corrected chi connectivity index (χ2v) is 3.38. The van der Waals surface area contributed by atoms with E-state index >= 15 is 0 Å². The van der Waals surface area contributed by atoms with E-state index in [4.69, 9.17) is 10.6 Å². The third-order valence-electron chi connectivity index (χ3n) is 1.99. The van der Waals surface area contributed by atoms with Gasteiger partial charge in [-0.25, -0.2) is 5.84 Å². The molecule has 0 fully saturated rings. The molecule has 0 aromatic carbocycles. The Morgan fingerprint density at radius 2 is 2.00 bits per heavy atom. The summed E-state index contributed by atoms with van der Waals surface area (Å²) in [6.45, 7) is -0.277. The maximum atomic E-state index is 12.1. The van der Waals surface area contributed by atoms with E-state index in [1.54, 1.807) is 0 Å². The lowest BCUT2D eigenvalue weighted by molar-refractivity contribution is -0.132. The zero-order valence-corrected chi connectivity index (χ0v) is 9.82. The molecule has 0 radical (unpaired) electrons. The molecule has 7 nitrogen and oxygen atoms in total. The molecule has 0 saturated carbocycles. The molecule has 3 N–H and O–H groups in total. The fourth-order valence-electron chi connectivity index (χ4n) is 1.07. The molecule has 18 heavy (non-hydrogen) atoms. The van der Waals surface area contributed by atoms with E-state index in [0.29, 0.717) is 0 Å². The molecule has 1 rings (SSSR count). The summed E-state index contributed by atoms with van der Waals surface area (Å²) >= 11 is 0. The number of nitrogens with two attached hydrogens (primary N) is 1. The number of hydrogen-bond donors (Lipinski definition) is 2. The molecule has 0 amide bonds. The van der Waals surface area contributed by atoms with Crippen molar-refractivity contribution in [2.75, 3.05) is 31.0 Å². The first-order valence-electron chi connectivity index (χ1n) is 4.90. The molecule has 102 valence electrons. The van der Waals surface area contributed by atoms with Crippen molar-refractivity contribution >= 4 is 11.9 Å². The molecule has 1 aromatic rings. The Morgan fingerprint density at radius 1 is 1.33 bits per heavy atom. The van der Waals surface area contributed by atoms with Gasteiger partial charge in [0, 0.05) is 13.6 Å². The largest absolute Gasteiger partial charge is 0.467 e. The van der Waals surface area contributed by atoms with Crippen LogP contribution in [0.2, 0.25) is 0 Å². The molecule has 10 heteroatoms. The van der Waals surface area contributed by atoms with Crippen molar-refractivity contribution in [3.63, 3.8) is 0 Å². The lowest BCUT2D eigenvalue weighted by Crippen LogP contribution is -2.26. The molecule has 0 atom stereocenters. The Kier molecular flexibility index (Phi) is 4.48. The third kappa shape index (κ3) is 4.20. The highest BCUT2D eigenvalue weighted by molar-refractivity contribution is 5.36. The number of methoxy groups -OCH3 is 1. The van der Waals surface area contributed by atoms with Crippen LogP contribution in [0.3, 0.4) is 0 Å². The van der Waals surface area contributed by atoms with Gasteiger partial charge >= 0.3 is 12.2 Å². The standard InChI is InChI=1S/C8H13F3N6O/c1-17(4-3-8(9,10)11)6-13-5(16-12)14-7(15-6)18-2/h3-4,12H2,1-2H3,(H,13,14,15,16). The SMILES string of the molecule is COc1nc(NN)nc(N(C)CCC(F)(F)F)n1. The fraction of sp³-hybridized carbons (Fsp3) is 0.625. The minimum atomic E-state index is -4.24. The number of nitrogens with one attached hydrogen (secondary N) is 1. The van der Waals surface area contributed by atoms with Crippen LogP contribution in [0.25, 0.3) is 0 Å². The first kappa shape index (κ1) is 14.2. The molecule has 0 bridgehead atoms. The lowest BCUT2D eigenvalue weighted by Gasteiger charge is -2.18. The van der Waals surface area contributed by atoms with Crippen LogP contribution in [0.4, 0.5) is 25.1 Å². The predicted octanol–water partition coefficient (Wildman–Crippen LogP) is 0.554. The quantitative estimate of drug-likeness (QED) is 0.594. The Morgan fingerprint density at radius 3 is 2.50 bits per heavy atom. The van der Waals surface area contributed by atoms with E-state index in [-0.39, 0.29) is 24.5 Å². The van der Waals surface area contributed by atoms with Gasteiger partial charge in [0.05, 0.1) is 13.5 Å². The minimum Gasteiger partial charge on any atom is -0.467 e. The highest BCUT2D eigenvalue weighted by Gasteiger charge is 2.27. The molecule has 0 saturated heterocycles. The van der Waals surface area contributed by atoms with Gasteiger partial charge in [0.1, 0.15) is 0 Å². The van der Waals surface area contributed by atoms with Crippen molar-refractivity contribution in [3.8, 4) is 6.01 Å². The van der Waals surface area contributed by atoms with Gasteiger partial charge in [0.2, 0.25) is 11.9 Å². The van der Waals surface area contributed by atoms with Crippen molar-refractivity contribution in [3.05, 3.63) is 0 Å². The number of halogens is 3. The van der Waals surface area contributed by atoms with Crippen molar-refractivity contribution in [2.24, 2.45) is 5.84 Å². The van der Waals surface area contributed by atoms with Gasteiger partial charge in [-0.05, 0) is 0 Å². The molecule has 0 aliphatic rings. The smallest absolute Gasteiger partial charge is 0.390 e. The first-order valence-corrected chi connectivity index (χ1v) is 4.90. The van der Waals surface area contributed by atoms with Crippen LogP contribution in [0.15, 0.2) is 0 Å². The predicted molar refractivity (Wildman–Crippen MR) is 58.1 cm³/mol. The summed E-state index contributed by atoms with van der Waals surface area (Å²) in [7, 11) is 2.76. The summed E-state index contributed by atoms with van der Waals surface area (Å²) in [5.41, 5.74) is 2.18. The van der Waals surface area contributed by atoms with Crippen molar-refractivity contribution < 1.29 is 17.9 Å². The van der Waals surface area contributed by atoms with Gasteiger partial charge < -0.3 is 9.64 Å². The normalized spacial score (nSPS) is 11.2. The molecule has 0 unspecified atom stereocenters. The zero-order chi connectivity index (χ0) is 13.8. The zero-order valence-electron chi connectivity index (χ0n) is 9.82. The van der Waals surface area contributed by atoms with E-state index in [1.807, 2.05) is 0 Å². The molecule has 0 aliphatic carbocycles. The Labute approximate surface area is 101 Å². The van der Waals surface area contributed by atoms with E-state index < -0.39 is 12.6 Å². The summed E-state index contributed by atoms with van der Waals surface area (Å²) in [6.07, 6.45) is -5.21. The van der Waals surface area contributed by atoms with E-state index in [1.165, 1.54) is 19.1 Å². The van der Waals surface area contributed by atoms with Crippen LogP contribution in [-0.2, 0) is 0 Å². The highest BCUT2D eigenvalue weighted by atomic mass is 19.4. The van der Waals surface area contributed by atoms with Gasteiger partial charge in [0.15, 0.2) is 0 Å². The number of nitrogen functional groups attached to an aromatic ring is 1. The van der Waals surface area contributed by atoms with Crippen LogP contribution >= 0.6 is 0 Å². The van der Waals surface area contributed by atoms with E-state index in [9.17, 15) is 13.2 Å². The molecule has 1 aromatic heterocycles. The molecular formula is C8H13F3N6O. The van der Waals surface area contributed by atoms with Crippen LogP contribution in [0.5, 0.6) is 6.01 Å². The fourth-order valence-corrected chi connectivity index (χ4v) is 1.07. The van der Waals surface area contributed by atoms with Crippen molar-refractivity contribution in [1.29, 1.82) is 0 Å². The summed E-state index contributed by atoms with van der Waals surface area (Å²) in [6, 6.07) is -0.0354. The molecular weight excluding hydrogens is 253 g/mol. The molecule has 1 heterocycles. The van der Waals surface area contributed by atoms with Crippen LogP contribution in [0, 0.1) is 0 Å². The maximum Gasteiger partial charge on any atom is 0.390 e.